The first-order chi connectivity index (χ1) is 8.41. The number of benzene rings is 1. The van der Waals surface area contributed by atoms with Gasteiger partial charge in [-0.05, 0) is 37.1 Å². The molecule has 1 unspecified atom stereocenters. The summed E-state index contributed by atoms with van der Waals surface area (Å²) in [5.74, 6) is -1.07. The smallest absolute Gasteiger partial charge is 0.133 e. The van der Waals surface area contributed by atoms with Gasteiger partial charge in [-0.15, -0.1) is 11.3 Å². The maximum atomic E-state index is 14.0. The predicted molar refractivity (Wildman–Crippen MR) is 75.9 cm³/mol. The number of halogens is 4. The molecule has 0 bridgehead atoms. The van der Waals surface area contributed by atoms with Crippen molar-refractivity contribution in [3.05, 3.63) is 55.7 Å². The zero-order valence-corrected chi connectivity index (χ0v) is 12.9. The highest BCUT2D eigenvalue weighted by atomic mass is 79.9. The fourth-order valence-corrected chi connectivity index (χ4v) is 3.70. The Morgan fingerprint density at radius 3 is 2.44 bits per heavy atom. The summed E-state index contributed by atoms with van der Waals surface area (Å²) in [7, 11) is 0. The van der Waals surface area contributed by atoms with Crippen LogP contribution in [0.5, 0.6) is 0 Å². The molecule has 0 fully saturated rings. The molecule has 0 N–H and O–H groups in total. The molecule has 0 saturated heterocycles. The molecule has 1 aromatic carbocycles. The second-order valence-corrected chi connectivity index (χ2v) is 6.66. The van der Waals surface area contributed by atoms with Gasteiger partial charge in [-0.25, -0.2) is 8.78 Å². The minimum absolute atomic E-state index is 0.0351. The summed E-state index contributed by atoms with van der Waals surface area (Å²) in [6.45, 7) is 3.48. The summed E-state index contributed by atoms with van der Waals surface area (Å²) >= 11 is 10.7. The molecule has 0 aliphatic heterocycles. The van der Waals surface area contributed by atoms with E-state index in [1.54, 1.807) is 6.92 Å². The zero-order chi connectivity index (χ0) is 13.4. The van der Waals surface area contributed by atoms with Crippen LogP contribution in [0.1, 0.15) is 26.4 Å². The first kappa shape index (κ1) is 14.0. The molecule has 5 heteroatoms. The number of hydrogen-bond acceptors (Lipinski definition) is 1. The Hall–Kier alpha value is -0.450. The maximum Gasteiger partial charge on any atom is 0.133 e. The molecule has 18 heavy (non-hydrogen) atoms. The van der Waals surface area contributed by atoms with E-state index in [1.807, 2.05) is 13.0 Å². The number of thiophene rings is 1. The van der Waals surface area contributed by atoms with E-state index in [1.165, 1.54) is 23.5 Å². The van der Waals surface area contributed by atoms with E-state index in [9.17, 15) is 8.78 Å². The second-order valence-electron chi connectivity index (χ2n) is 4.06. The van der Waals surface area contributed by atoms with Gasteiger partial charge in [-0.1, -0.05) is 33.6 Å². The lowest BCUT2D eigenvalue weighted by atomic mass is 10.1. The van der Waals surface area contributed by atoms with Crippen LogP contribution < -0.4 is 0 Å². The van der Waals surface area contributed by atoms with Gasteiger partial charge in [0.05, 0.1) is 9.16 Å². The van der Waals surface area contributed by atoms with Gasteiger partial charge in [-0.2, -0.15) is 0 Å². The van der Waals surface area contributed by atoms with Crippen LogP contribution in [-0.2, 0) is 0 Å². The molecule has 0 aliphatic rings. The average Bonchev–Trinajstić information content (AvgIpc) is 2.65. The SMILES string of the molecule is Cc1cc(C(Br)c2c(F)ccc(C)c2F)sc1Cl. The highest BCUT2D eigenvalue weighted by molar-refractivity contribution is 9.09. The molecule has 0 amide bonds. The van der Waals surface area contributed by atoms with Crippen LogP contribution in [-0.4, -0.2) is 0 Å². The molecule has 0 aliphatic carbocycles. The topological polar surface area (TPSA) is 0 Å². The molecule has 0 radical (unpaired) electrons. The van der Waals surface area contributed by atoms with Crippen LogP contribution >= 0.6 is 38.9 Å². The Morgan fingerprint density at radius 2 is 1.89 bits per heavy atom. The lowest BCUT2D eigenvalue weighted by molar-refractivity contribution is 0.556. The maximum absolute atomic E-state index is 14.0. The molecule has 2 aromatic rings. The number of rotatable bonds is 2. The fraction of sp³-hybridized carbons (Fsp3) is 0.231. The van der Waals surface area contributed by atoms with E-state index in [2.05, 4.69) is 15.9 Å². The van der Waals surface area contributed by atoms with E-state index in [0.29, 0.717) is 9.90 Å². The van der Waals surface area contributed by atoms with Crippen LogP contribution in [0.15, 0.2) is 18.2 Å². The quantitative estimate of drug-likeness (QED) is 0.602. The van der Waals surface area contributed by atoms with Gasteiger partial charge in [0.2, 0.25) is 0 Å². The molecule has 1 heterocycles. The Kier molecular flexibility index (Phi) is 4.09. The molecular formula is C13H10BrClF2S. The molecule has 0 spiro atoms. The molecule has 2 rings (SSSR count). The van der Waals surface area contributed by atoms with Crippen LogP contribution in [0.4, 0.5) is 8.78 Å². The third-order valence-corrected chi connectivity index (χ3v) is 5.57. The van der Waals surface area contributed by atoms with E-state index < -0.39 is 16.5 Å². The number of aryl methyl sites for hydroxylation is 2. The van der Waals surface area contributed by atoms with Gasteiger partial charge in [0.1, 0.15) is 11.6 Å². The van der Waals surface area contributed by atoms with E-state index >= 15 is 0 Å². The van der Waals surface area contributed by atoms with E-state index in [0.717, 1.165) is 10.4 Å². The summed E-state index contributed by atoms with van der Waals surface area (Å²) < 4.78 is 28.4. The fourth-order valence-electron chi connectivity index (χ4n) is 1.66. The summed E-state index contributed by atoms with van der Waals surface area (Å²) in [5.41, 5.74) is 1.37. The van der Waals surface area contributed by atoms with Crippen molar-refractivity contribution in [2.45, 2.75) is 18.7 Å². The van der Waals surface area contributed by atoms with Crippen molar-refractivity contribution in [2.75, 3.05) is 0 Å². The van der Waals surface area contributed by atoms with Gasteiger partial charge in [0.25, 0.3) is 0 Å². The third kappa shape index (κ3) is 2.46. The summed E-state index contributed by atoms with van der Waals surface area (Å²) in [5, 5.41) is 0. The highest BCUT2D eigenvalue weighted by Crippen LogP contribution is 2.41. The summed E-state index contributed by atoms with van der Waals surface area (Å²) in [6, 6.07) is 4.55. The summed E-state index contributed by atoms with van der Waals surface area (Å²) in [4.78, 5) is 0.273. The van der Waals surface area contributed by atoms with Gasteiger partial charge >= 0.3 is 0 Å². The van der Waals surface area contributed by atoms with Gasteiger partial charge in [0.15, 0.2) is 0 Å². The molecular weight excluding hydrogens is 342 g/mol. The standard InChI is InChI=1S/C13H10BrClF2S/c1-6-3-4-8(16)10(12(6)17)11(14)9-5-7(2)13(15)18-9/h3-5,11H,1-2H3. The average molecular weight is 352 g/mol. The molecule has 0 nitrogen and oxygen atoms in total. The minimum Gasteiger partial charge on any atom is -0.207 e. The van der Waals surface area contributed by atoms with E-state index in [-0.39, 0.29) is 5.56 Å². The normalized spacial score (nSPS) is 12.8. The summed E-state index contributed by atoms with van der Waals surface area (Å²) in [6.07, 6.45) is 0. The van der Waals surface area contributed by atoms with Crippen molar-refractivity contribution in [1.82, 2.24) is 0 Å². The predicted octanol–water partition coefficient (Wildman–Crippen LogP) is 5.78. The van der Waals surface area contributed by atoms with Crippen LogP contribution in [0, 0.1) is 25.5 Å². The Bertz CT molecular complexity index is 575. The molecule has 0 saturated carbocycles. The largest absolute Gasteiger partial charge is 0.207 e. The first-order valence-electron chi connectivity index (χ1n) is 5.26. The lowest BCUT2D eigenvalue weighted by Gasteiger charge is -2.12. The van der Waals surface area contributed by atoms with Crippen molar-refractivity contribution < 1.29 is 8.78 Å². The van der Waals surface area contributed by atoms with Crippen molar-refractivity contribution in [2.24, 2.45) is 0 Å². The number of alkyl halides is 1. The second kappa shape index (κ2) is 5.27. The molecule has 1 atom stereocenters. The van der Waals surface area contributed by atoms with Crippen molar-refractivity contribution in [3.8, 4) is 0 Å². The third-order valence-electron chi connectivity index (χ3n) is 2.70. The van der Waals surface area contributed by atoms with Crippen molar-refractivity contribution in [1.29, 1.82) is 0 Å². The molecule has 1 aromatic heterocycles. The lowest BCUT2D eigenvalue weighted by Crippen LogP contribution is -2.01. The molecule has 96 valence electrons. The number of hydrogen-bond donors (Lipinski definition) is 0. The Morgan fingerprint density at radius 1 is 1.22 bits per heavy atom. The van der Waals surface area contributed by atoms with Gasteiger partial charge in [-0.3, -0.25) is 0 Å². The highest BCUT2D eigenvalue weighted by Gasteiger charge is 2.22. The first-order valence-corrected chi connectivity index (χ1v) is 7.37. The zero-order valence-electron chi connectivity index (χ0n) is 9.73. The van der Waals surface area contributed by atoms with Gasteiger partial charge in [0, 0.05) is 10.4 Å². The van der Waals surface area contributed by atoms with E-state index in [4.69, 9.17) is 11.6 Å². The minimum atomic E-state index is -0.554. The van der Waals surface area contributed by atoms with Crippen molar-refractivity contribution >= 4 is 38.9 Å². The van der Waals surface area contributed by atoms with Crippen molar-refractivity contribution in [3.63, 3.8) is 0 Å². The Labute approximate surface area is 122 Å². The van der Waals surface area contributed by atoms with Crippen LogP contribution in [0.2, 0.25) is 4.34 Å². The monoisotopic (exact) mass is 350 g/mol. The van der Waals surface area contributed by atoms with Gasteiger partial charge < -0.3 is 0 Å². The van der Waals surface area contributed by atoms with Crippen LogP contribution in [0.3, 0.4) is 0 Å². The van der Waals surface area contributed by atoms with Crippen LogP contribution in [0.25, 0.3) is 0 Å². The Balaban J connectivity index is 2.52.